The van der Waals surface area contributed by atoms with Crippen molar-refractivity contribution < 1.29 is 4.79 Å². The van der Waals surface area contributed by atoms with Crippen LogP contribution in [0.2, 0.25) is 0 Å². The highest BCUT2D eigenvalue weighted by molar-refractivity contribution is 6.06. The Kier molecular flexibility index (Phi) is 4.83. The van der Waals surface area contributed by atoms with Crippen molar-refractivity contribution in [2.45, 2.75) is 26.8 Å². The number of H-pyrrole nitrogens is 1. The molecule has 6 N–H and O–H groups in total. The number of fused-ring (bicyclic) bond motifs is 1. The molecule has 3 aromatic heterocycles. The van der Waals surface area contributed by atoms with Crippen LogP contribution in [-0.2, 0) is 0 Å². The normalized spacial score (nSPS) is 11.2. The number of anilines is 2. The molecule has 0 spiro atoms. The average Bonchev–Trinajstić information content (AvgIpc) is 3.17. The van der Waals surface area contributed by atoms with Gasteiger partial charge in [0, 0.05) is 28.8 Å². The Hall–Kier alpha value is -3.94. The quantitative estimate of drug-likeness (QED) is 0.404. The van der Waals surface area contributed by atoms with Crippen LogP contribution in [-0.4, -0.2) is 32.1 Å². The highest BCUT2D eigenvalue weighted by Crippen LogP contribution is 2.37. The van der Waals surface area contributed by atoms with Gasteiger partial charge in [0.2, 0.25) is 0 Å². The molecule has 0 aliphatic rings. The lowest BCUT2D eigenvalue weighted by molar-refractivity contribution is 0.100. The summed E-state index contributed by atoms with van der Waals surface area (Å²) in [5.41, 5.74) is 16.9. The van der Waals surface area contributed by atoms with Crippen molar-refractivity contribution >= 4 is 28.3 Å². The summed E-state index contributed by atoms with van der Waals surface area (Å²) < 4.78 is 0. The lowest BCUT2D eigenvalue weighted by Crippen LogP contribution is -2.16. The second kappa shape index (κ2) is 7.47. The Balaban J connectivity index is 2.03. The van der Waals surface area contributed by atoms with Crippen LogP contribution in [0.1, 0.15) is 29.8 Å². The fourth-order valence-corrected chi connectivity index (χ4v) is 3.53. The number of hydrogen-bond acceptors (Lipinski definition) is 6. The average molecular weight is 401 g/mol. The Morgan fingerprint density at radius 2 is 2.03 bits per heavy atom. The Bertz CT molecular complexity index is 1260. The van der Waals surface area contributed by atoms with Crippen molar-refractivity contribution in [1.82, 2.24) is 20.2 Å². The minimum atomic E-state index is -0.614. The van der Waals surface area contributed by atoms with E-state index < -0.39 is 5.91 Å². The van der Waals surface area contributed by atoms with Crippen LogP contribution in [0.3, 0.4) is 0 Å². The maximum Gasteiger partial charge on any atom is 0.250 e. The van der Waals surface area contributed by atoms with E-state index in [-0.39, 0.29) is 17.3 Å². The van der Waals surface area contributed by atoms with Gasteiger partial charge in [-0.3, -0.25) is 9.89 Å². The van der Waals surface area contributed by atoms with Crippen molar-refractivity contribution in [3.8, 4) is 22.5 Å². The van der Waals surface area contributed by atoms with E-state index in [9.17, 15) is 4.79 Å². The number of primary amides is 1. The molecule has 1 aromatic carbocycles. The predicted molar refractivity (Wildman–Crippen MR) is 119 cm³/mol. The number of nitrogens with zero attached hydrogens (tertiary/aromatic N) is 3. The van der Waals surface area contributed by atoms with Crippen LogP contribution in [0.4, 0.5) is 11.5 Å². The van der Waals surface area contributed by atoms with E-state index in [1.807, 2.05) is 45.0 Å². The molecule has 4 aromatic rings. The third-order valence-corrected chi connectivity index (χ3v) is 4.90. The third kappa shape index (κ3) is 3.32. The number of nitrogen functional groups attached to an aromatic ring is 1. The smallest absolute Gasteiger partial charge is 0.250 e. The second-order valence-corrected chi connectivity index (χ2v) is 7.47. The molecule has 152 valence electrons. The van der Waals surface area contributed by atoms with Gasteiger partial charge in [0.15, 0.2) is 0 Å². The van der Waals surface area contributed by atoms with Crippen molar-refractivity contribution in [1.29, 1.82) is 0 Å². The molecule has 1 amide bonds. The lowest BCUT2D eigenvalue weighted by atomic mass is 9.96. The van der Waals surface area contributed by atoms with Gasteiger partial charge in [-0.2, -0.15) is 5.10 Å². The summed E-state index contributed by atoms with van der Waals surface area (Å²) in [6, 6.07) is 9.42. The van der Waals surface area contributed by atoms with Crippen LogP contribution in [0.15, 0.2) is 42.7 Å². The third-order valence-electron chi connectivity index (χ3n) is 4.90. The lowest BCUT2D eigenvalue weighted by Gasteiger charge is -2.17. The molecule has 0 atom stereocenters. The molecule has 0 bridgehead atoms. The van der Waals surface area contributed by atoms with Crippen molar-refractivity contribution in [3.63, 3.8) is 0 Å². The van der Waals surface area contributed by atoms with E-state index in [0.717, 1.165) is 27.6 Å². The van der Waals surface area contributed by atoms with Gasteiger partial charge >= 0.3 is 0 Å². The number of nitrogens with one attached hydrogen (secondary N) is 2. The van der Waals surface area contributed by atoms with Gasteiger partial charge in [-0.25, -0.2) is 9.97 Å². The van der Waals surface area contributed by atoms with E-state index >= 15 is 0 Å². The summed E-state index contributed by atoms with van der Waals surface area (Å²) in [5, 5.41) is 11.3. The largest absolute Gasteiger partial charge is 0.396 e. The van der Waals surface area contributed by atoms with Gasteiger partial charge < -0.3 is 16.8 Å². The summed E-state index contributed by atoms with van der Waals surface area (Å²) in [5.74, 6) is 0.0565. The molecule has 0 radical (unpaired) electrons. The van der Waals surface area contributed by atoms with E-state index in [0.29, 0.717) is 17.2 Å². The molecule has 0 aliphatic heterocycles. The number of aromatic amines is 1. The highest BCUT2D eigenvalue weighted by Gasteiger charge is 2.21. The number of carbonyl (C=O) groups is 1. The number of aromatic nitrogens is 4. The molecule has 4 rings (SSSR count). The van der Waals surface area contributed by atoms with E-state index in [4.69, 9.17) is 16.5 Å². The van der Waals surface area contributed by atoms with Gasteiger partial charge in [0.1, 0.15) is 5.82 Å². The number of amides is 1. The molecule has 30 heavy (non-hydrogen) atoms. The SMILES string of the molecule is Cc1ccc2[nH]ncc2c1-c1nc(-c2cccnc2NC(C)C)cc(C(N)=O)c1N. The van der Waals surface area contributed by atoms with Crippen molar-refractivity contribution in [2.24, 2.45) is 5.73 Å². The second-order valence-electron chi connectivity index (χ2n) is 7.47. The first-order chi connectivity index (χ1) is 14.4. The number of hydrogen-bond donors (Lipinski definition) is 4. The first kappa shape index (κ1) is 19.4. The van der Waals surface area contributed by atoms with Crippen molar-refractivity contribution in [2.75, 3.05) is 11.1 Å². The summed E-state index contributed by atoms with van der Waals surface area (Å²) in [6.07, 6.45) is 3.43. The molecule has 0 aliphatic carbocycles. The number of benzene rings is 1. The zero-order valence-corrected chi connectivity index (χ0v) is 17.0. The number of carbonyl (C=O) groups excluding carboxylic acids is 1. The summed E-state index contributed by atoms with van der Waals surface area (Å²) >= 11 is 0. The fourth-order valence-electron chi connectivity index (χ4n) is 3.53. The first-order valence-electron chi connectivity index (χ1n) is 9.62. The molecule has 8 heteroatoms. The van der Waals surface area contributed by atoms with Crippen LogP contribution in [0, 0.1) is 6.92 Å². The zero-order valence-electron chi connectivity index (χ0n) is 17.0. The zero-order chi connectivity index (χ0) is 21.4. The standard InChI is InChI=1S/C22H23N7O/c1-11(2)27-22-13(5-4-8-25-22)17-9-14(21(24)30)19(23)20(28-17)18-12(3)6-7-16-15(18)10-26-29-16/h4-11H,23H2,1-3H3,(H2,24,30)(H,25,27)(H,26,29). The van der Waals surface area contributed by atoms with Gasteiger partial charge in [-0.15, -0.1) is 0 Å². The molecule has 3 heterocycles. The van der Waals surface area contributed by atoms with Crippen LogP contribution < -0.4 is 16.8 Å². The number of rotatable bonds is 5. The molecule has 8 nitrogen and oxygen atoms in total. The van der Waals surface area contributed by atoms with Gasteiger partial charge in [-0.05, 0) is 50.6 Å². The maximum atomic E-state index is 12.2. The summed E-state index contributed by atoms with van der Waals surface area (Å²) in [7, 11) is 0. The Morgan fingerprint density at radius 3 is 2.77 bits per heavy atom. The van der Waals surface area contributed by atoms with Crippen LogP contribution in [0.25, 0.3) is 33.4 Å². The molecule has 0 saturated carbocycles. The fraction of sp³-hybridized carbons (Fsp3) is 0.182. The highest BCUT2D eigenvalue weighted by atomic mass is 16.1. The molecule has 0 unspecified atom stereocenters. The van der Waals surface area contributed by atoms with E-state index in [1.165, 1.54) is 0 Å². The molecule has 0 saturated heterocycles. The summed E-state index contributed by atoms with van der Waals surface area (Å²) in [4.78, 5) is 21.5. The Labute approximate surface area is 173 Å². The summed E-state index contributed by atoms with van der Waals surface area (Å²) in [6.45, 7) is 6.02. The van der Waals surface area contributed by atoms with Gasteiger partial charge in [0.25, 0.3) is 5.91 Å². The van der Waals surface area contributed by atoms with Gasteiger partial charge in [0.05, 0.1) is 34.4 Å². The number of nitrogens with two attached hydrogens (primary N) is 2. The van der Waals surface area contributed by atoms with E-state index in [1.54, 1.807) is 18.5 Å². The molecular formula is C22H23N7O. The maximum absolute atomic E-state index is 12.2. The minimum Gasteiger partial charge on any atom is -0.396 e. The Morgan fingerprint density at radius 1 is 1.23 bits per heavy atom. The van der Waals surface area contributed by atoms with Crippen LogP contribution >= 0.6 is 0 Å². The van der Waals surface area contributed by atoms with Crippen molar-refractivity contribution in [3.05, 3.63) is 53.9 Å². The topological polar surface area (TPSA) is 136 Å². The number of pyridine rings is 2. The number of aryl methyl sites for hydroxylation is 1. The van der Waals surface area contributed by atoms with E-state index in [2.05, 4.69) is 20.5 Å². The molecule has 0 fully saturated rings. The molecular weight excluding hydrogens is 378 g/mol. The van der Waals surface area contributed by atoms with Gasteiger partial charge in [-0.1, -0.05) is 6.07 Å². The monoisotopic (exact) mass is 401 g/mol. The van der Waals surface area contributed by atoms with Crippen LogP contribution in [0.5, 0.6) is 0 Å². The first-order valence-corrected chi connectivity index (χ1v) is 9.62. The predicted octanol–water partition coefficient (Wildman–Crippen LogP) is 3.50. The minimum absolute atomic E-state index is 0.171.